The zero-order valence-electron chi connectivity index (χ0n) is 40.0. The molecule has 0 atom stereocenters. The third kappa shape index (κ3) is 7.79. The predicted octanol–water partition coefficient (Wildman–Crippen LogP) is 20.9. The molecule has 0 spiro atoms. The molecule has 1 aromatic heterocycles. The van der Waals surface area contributed by atoms with Gasteiger partial charge in [-0.25, -0.2) is 0 Å². The Hall–Kier alpha value is -9.14. The molecule has 1 heterocycles. The summed E-state index contributed by atoms with van der Waals surface area (Å²) < 4.78 is 2.66. The Balaban J connectivity index is 0.801. The van der Waals surface area contributed by atoms with Gasteiger partial charge in [-0.15, -0.1) is 11.3 Å². The van der Waals surface area contributed by atoms with Gasteiger partial charge in [0.05, 0.1) is 0 Å². The minimum atomic E-state index is 1.18. The zero-order valence-corrected chi connectivity index (χ0v) is 40.8. The first-order valence-electron chi connectivity index (χ1n) is 25.1. The van der Waals surface area contributed by atoms with E-state index in [1.807, 2.05) is 11.3 Å². The van der Waals surface area contributed by atoms with Crippen molar-refractivity contribution in [2.75, 3.05) is 0 Å². The maximum absolute atomic E-state index is 2.38. The molecule has 13 aromatic carbocycles. The van der Waals surface area contributed by atoms with Crippen molar-refractivity contribution in [3.63, 3.8) is 0 Å². The van der Waals surface area contributed by atoms with E-state index in [-0.39, 0.29) is 0 Å². The summed E-state index contributed by atoms with van der Waals surface area (Å²) in [5.41, 5.74) is 19.2. The van der Waals surface area contributed by atoms with Crippen molar-refractivity contribution >= 4 is 63.8 Å². The first-order chi connectivity index (χ1) is 36.1. The maximum Gasteiger partial charge on any atom is 0.0433 e. The molecule has 0 aliphatic carbocycles. The molecule has 0 N–H and O–H groups in total. The van der Waals surface area contributed by atoms with Gasteiger partial charge >= 0.3 is 0 Å². The molecule has 14 rings (SSSR count). The Bertz CT molecular complexity index is 4400. The van der Waals surface area contributed by atoms with Gasteiger partial charge in [0.1, 0.15) is 0 Å². The summed E-state index contributed by atoms with van der Waals surface area (Å²) in [5, 5.41) is 10.4. The van der Waals surface area contributed by atoms with Gasteiger partial charge in [0.25, 0.3) is 0 Å². The molecule has 0 unspecified atom stereocenters. The van der Waals surface area contributed by atoms with Crippen LogP contribution in [-0.4, -0.2) is 0 Å². The molecule has 0 aliphatic heterocycles. The van der Waals surface area contributed by atoms with Gasteiger partial charge in [-0.2, -0.15) is 0 Å². The Morgan fingerprint density at radius 1 is 0.164 bits per heavy atom. The van der Waals surface area contributed by atoms with Crippen LogP contribution < -0.4 is 0 Å². The van der Waals surface area contributed by atoms with Crippen molar-refractivity contribution in [3.8, 4) is 89.0 Å². The second-order valence-corrected chi connectivity index (χ2v) is 20.3. The number of rotatable bonds is 8. The van der Waals surface area contributed by atoms with Crippen molar-refractivity contribution < 1.29 is 0 Å². The minimum absolute atomic E-state index is 1.18. The van der Waals surface area contributed by atoms with Gasteiger partial charge in [0.2, 0.25) is 0 Å². The quantitative estimate of drug-likeness (QED) is 0.133. The van der Waals surface area contributed by atoms with E-state index in [4.69, 9.17) is 0 Å². The Labute approximate surface area is 429 Å². The van der Waals surface area contributed by atoms with Gasteiger partial charge in [-0.3, -0.25) is 0 Å². The summed E-state index contributed by atoms with van der Waals surface area (Å²) in [6.45, 7) is 0. The number of thiophene rings is 1. The lowest BCUT2D eigenvalue weighted by Crippen LogP contribution is -1.88. The lowest BCUT2D eigenvalue weighted by atomic mass is 9.90. The second kappa shape index (κ2) is 17.9. The van der Waals surface area contributed by atoms with Crippen LogP contribution in [0.1, 0.15) is 0 Å². The van der Waals surface area contributed by atoms with Crippen LogP contribution in [0, 0.1) is 0 Å². The molecule has 14 aromatic rings. The fourth-order valence-electron chi connectivity index (χ4n) is 11.2. The predicted molar refractivity (Wildman–Crippen MR) is 315 cm³/mol. The van der Waals surface area contributed by atoms with E-state index in [9.17, 15) is 0 Å². The molecular weight excluding hydrogens is 897 g/mol. The molecule has 0 amide bonds. The standard InChI is InChI=1S/C72H46S/c1-2-16-47(17-3-1)59-43-60(45-61(44-59)56-26-13-22-52(41-56)54-24-14-27-58(42-54)62-33-15-34-69-68-32-8-9-35-71(68)73-72(62)69)55-25-12-21-51(40-55)49-19-10-18-48(38-49)50-20-11-23-53(39-50)57-36-37-67-65-30-5-4-28-63(65)64-29-6-7-31-66(64)70(67)46-57/h1-46H. The normalized spacial score (nSPS) is 11.6. The molecule has 1 heteroatoms. The zero-order chi connectivity index (χ0) is 48.2. The smallest absolute Gasteiger partial charge is 0.0433 e. The topological polar surface area (TPSA) is 0 Å². The SMILES string of the molecule is c1ccc(-c2cc(-c3cccc(-c4cccc(-c5cccc(-c6ccc7c8ccccc8c8ccccc8c7c6)c5)c4)c3)cc(-c3cccc(-c4cccc(-c5cccc6c5sc5ccccc56)c4)c3)c2)cc1. The maximum atomic E-state index is 2.38. The van der Waals surface area contributed by atoms with Crippen LogP contribution in [0.15, 0.2) is 279 Å². The summed E-state index contributed by atoms with van der Waals surface area (Å²) in [7, 11) is 0. The van der Waals surface area contributed by atoms with E-state index in [1.165, 1.54) is 142 Å². The molecule has 340 valence electrons. The van der Waals surface area contributed by atoms with E-state index in [0.29, 0.717) is 0 Å². The van der Waals surface area contributed by atoms with Gasteiger partial charge in [-0.1, -0.05) is 218 Å². The van der Waals surface area contributed by atoms with E-state index >= 15 is 0 Å². The van der Waals surface area contributed by atoms with E-state index in [0.717, 1.165) is 0 Å². The van der Waals surface area contributed by atoms with Crippen LogP contribution in [0.4, 0.5) is 0 Å². The minimum Gasteiger partial charge on any atom is -0.135 e. The van der Waals surface area contributed by atoms with Crippen LogP contribution >= 0.6 is 11.3 Å². The van der Waals surface area contributed by atoms with Crippen LogP contribution in [-0.2, 0) is 0 Å². The molecule has 0 saturated heterocycles. The van der Waals surface area contributed by atoms with Gasteiger partial charge in [-0.05, 0) is 182 Å². The fraction of sp³-hybridized carbons (Fsp3) is 0. The van der Waals surface area contributed by atoms with Crippen LogP contribution in [0.25, 0.3) is 142 Å². The van der Waals surface area contributed by atoms with Gasteiger partial charge in [0.15, 0.2) is 0 Å². The molecule has 0 saturated carbocycles. The first kappa shape index (κ1) is 42.7. The Morgan fingerprint density at radius 2 is 0.479 bits per heavy atom. The lowest BCUT2D eigenvalue weighted by Gasteiger charge is -2.14. The molecule has 0 aliphatic rings. The number of fused-ring (bicyclic) bond motifs is 9. The number of benzene rings is 13. The third-order valence-corrected chi connectivity index (χ3v) is 16.0. The third-order valence-electron chi connectivity index (χ3n) is 14.8. The highest BCUT2D eigenvalue weighted by molar-refractivity contribution is 7.26. The Kier molecular flexibility index (Phi) is 10.5. The van der Waals surface area contributed by atoms with Crippen LogP contribution in [0.3, 0.4) is 0 Å². The molecular formula is C72H46S. The average Bonchev–Trinajstić information content (AvgIpc) is 3.87. The van der Waals surface area contributed by atoms with Crippen molar-refractivity contribution in [2.45, 2.75) is 0 Å². The average molecular weight is 943 g/mol. The van der Waals surface area contributed by atoms with Crippen molar-refractivity contribution in [2.24, 2.45) is 0 Å². The van der Waals surface area contributed by atoms with E-state index in [1.54, 1.807) is 0 Å². The highest BCUT2D eigenvalue weighted by Gasteiger charge is 2.15. The molecule has 73 heavy (non-hydrogen) atoms. The summed E-state index contributed by atoms with van der Waals surface area (Å²) in [6, 6.07) is 103. The van der Waals surface area contributed by atoms with Crippen molar-refractivity contribution in [3.05, 3.63) is 279 Å². The summed E-state index contributed by atoms with van der Waals surface area (Å²) in [6.07, 6.45) is 0. The van der Waals surface area contributed by atoms with Gasteiger partial charge < -0.3 is 0 Å². The summed E-state index contributed by atoms with van der Waals surface area (Å²) >= 11 is 1.88. The highest BCUT2D eigenvalue weighted by atomic mass is 32.1. The number of hydrogen-bond donors (Lipinski definition) is 0. The Morgan fingerprint density at radius 3 is 0.986 bits per heavy atom. The van der Waals surface area contributed by atoms with E-state index < -0.39 is 0 Å². The first-order valence-corrected chi connectivity index (χ1v) is 25.9. The molecule has 0 fully saturated rings. The number of hydrogen-bond acceptors (Lipinski definition) is 1. The summed E-state index contributed by atoms with van der Waals surface area (Å²) in [5.74, 6) is 0. The highest BCUT2D eigenvalue weighted by Crippen LogP contribution is 2.43. The molecule has 0 nitrogen and oxygen atoms in total. The largest absolute Gasteiger partial charge is 0.135 e. The van der Waals surface area contributed by atoms with Crippen molar-refractivity contribution in [1.29, 1.82) is 0 Å². The summed E-state index contributed by atoms with van der Waals surface area (Å²) in [4.78, 5) is 0. The monoisotopic (exact) mass is 942 g/mol. The molecule has 0 radical (unpaired) electrons. The van der Waals surface area contributed by atoms with Crippen molar-refractivity contribution in [1.82, 2.24) is 0 Å². The fourth-order valence-corrected chi connectivity index (χ4v) is 12.4. The van der Waals surface area contributed by atoms with E-state index in [2.05, 4.69) is 279 Å². The molecule has 0 bridgehead atoms. The second-order valence-electron chi connectivity index (χ2n) is 19.2. The van der Waals surface area contributed by atoms with Crippen LogP contribution in [0.2, 0.25) is 0 Å². The van der Waals surface area contributed by atoms with Gasteiger partial charge in [0, 0.05) is 20.2 Å². The lowest BCUT2D eigenvalue weighted by molar-refractivity contribution is 1.55. The van der Waals surface area contributed by atoms with Crippen LogP contribution in [0.5, 0.6) is 0 Å².